The number of nitrogens with zero attached hydrogens (tertiary/aromatic N) is 1. The monoisotopic (exact) mass is 298 g/mol. The van der Waals surface area contributed by atoms with Crippen molar-refractivity contribution in [2.75, 3.05) is 11.9 Å². The maximum absolute atomic E-state index is 12.3. The van der Waals surface area contributed by atoms with Gasteiger partial charge >= 0.3 is 6.36 Å². The highest BCUT2D eigenvalue weighted by atomic mass is 19.4. The number of hydrogen-bond acceptors (Lipinski definition) is 4. The van der Waals surface area contributed by atoms with Gasteiger partial charge in [0.1, 0.15) is 5.75 Å². The van der Waals surface area contributed by atoms with Crippen molar-refractivity contribution in [3.8, 4) is 17.2 Å². The van der Waals surface area contributed by atoms with Crippen molar-refractivity contribution < 1.29 is 22.6 Å². The van der Waals surface area contributed by atoms with Gasteiger partial charge in [-0.3, -0.25) is 4.98 Å². The van der Waals surface area contributed by atoms with Crippen molar-refractivity contribution >= 4 is 5.69 Å². The number of halogens is 3. The first kappa shape index (κ1) is 15.0. The second kappa shape index (κ2) is 6.34. The Morgan fingerprint density at radius 3 is 2.52 bits per heavy atom. The third-order valence-electron chi connectivity index (χ3n) is 2.40. The summed E-state index contributed by atoms with van der Waals surface area (Å²) in [6.07, 6.45) is -1.77. The molecule has 1 aromatic heterocycles. The fraction of sp³-hybridized carbons (Fsp3) is 0.214. The van der Waals surface area contributed by atoms with E-state index in [4.69, 9.17) is 4.74 Å². The number of ether oxygens (including phenoxy) is 2. The van der Waals surface area contributed by atoms with Crippen LogP contribution in [0.2, 0.25) is 0 Å². The highest BCUT2D eigenvalue weighted by Gasteiger charge is 2.32. The number of aromatic nitrogens is 1. The van der Waals surface area contributed by atoms with Gasteiger partial charge in [-0.25, -0.2) is 0 Å². The number of rotatable bonds is 5. The molecule has 0 spiro atoms. The Morgan fingerprint density at radius 2 is 1.86 bits per heavy atom. The predicted octanol–water partition coefficient (Wildman–Crippen LogP) is 4.20. The van der Waals surface area contributed by atoms with E-state index in [1.54, 1.807) is 18.3 Å². The normalized spacial score (nSPS) is 11.0. The maximum Gasteiger partial charge on any atom is 0.573 e. The average molecular weight is 298 g/mol. The standard InChI is InChI=1S/C14H13F3N2O2/c1-2-19-10-7-11(9-18-8-10)20-12-5-3-4-6-13(12)21-14(15,16)17/h3-9,19H,2H2,1H3. The highest BCUT2D eigenvalue weighted by molar-refractivity contribution is 5.48. The van der Waals surface area contributed by atoms with Crippen molar-refractivity contribution in [2.45, 2.75) is 13.3 Å². The third-order valence-corrected chi connectivity index (χ3v) is 2.40. The topological polar surface area (TPSA) is 43.4 Å². The Kier molecular flexibility index (Phi) is 4.52. The highest BCUT2D eigenvalue weighted by Crippen LogP contribution is 2.35. The molecule has 2 aromatic rings. The van der Waals surface area contributed by atoms with Crippen LogP contribution in [0.4, 0.5) is 18.9 Å². The van der Waals surface area contributed by atoms with E-state index in [0.717, 1.165) is 0 Å². The van der Waals surface area contributed by atoms with E-state index in [1.807, 2.05) is 6.92 Å². The SMILES string of the molecule is CCNc1cncc(Oc2ccccc2OC(F)(F)F)c1. The first-order chi connectivity index (χ1) is 9.98. The first-order valence-electron chi connectivity index (χ1n) is 6.19. The van der Waals surface area contributed by atoms with E-state index in [1.165, 1.54) is 24.4 Å². The molecule has 1 N–H and O–H groups in total. The minimum absolute atomic E-state index is 0.0368. The molecular weight excluding hydrogens is 285 g/mol. The van der Waals surface area contributed by atoms with Crippen LogP contribution < -0.4 is 14.8 Å². The fourth-order valence-electron chi connectivity index (χ4n) is 1.65. The lowest BCUT2D eigenvalue weighted by molar-refractivity contribution is -0.275. The van der Waals surface area contributed by atoms with E-state index in [-0.39, 0.29) is 5.75 Å². The van der Waals surface area contributed by atoms with Crippen LogP contribution in [0.15, 0.2) is 42.7 Å². The van der Waals surface area contributed by atoms with Crippen molar-refractivity contribution in [3.05, 3.63) is 42.7 Å². The average Bonchev–Trinajstić information content (AvgIpc) is 2.40. The van der Waals surface area contributed by atoms with Gasteiger partial charge in [-0.2, -0.15) is 0 Å². The summed E-state index contributed by atoms with van der Waals surface area (Å²) in [5.41, 5.74) is 0.712. The van der Waals surface area contributed by atoms with Gasteiger partial charge in [-0.05, 0) is 19.1 Å². The Bertz CT molecular complexity index is 603. The summed E-state index contributed by atoms with van der Waals surface area (Å²) in [5.74, 6) is -0.129. The molecule has 0 atom stereocenters. The lowest BCUT2D eigenvalue weighted by Gasteiger charge is -2.14. The number of para-hydroxylation sites is 2. The number of benzene rings is 1. The Morgan fingerprint density at radius 1 is 1.14 bits per heavy atom. The van der Waals surface area contributed by atoms with Gasteiger partial charge in [0.05, 0.1) is 18.1 Å². The summed E-state index contributed by atoms with van der Waals surface area (Å²) < 4.78 is 46.3. The van der Waals surface area contributed by atoms with Crippen LogP contribution in [0.3, 0.4) is 0 Å². The molecule has 0 radical (unpaired) electrons. The van der Waals surface area contributed by atoms with E-state index in [9.17, 15) is 13.2 Å². The summed E-state index contributed by atoms with van der Waals surface area (Å²) in [4.78, 5) is 3.95. The summed E-state index contributed by atoms with van der Waals surface area (Å²) in [7, 11) is 0. The predicted molar refractivity (Wildman–Crippen MR) is 71.6 cm³/mol. The van der Waals surface area contributed by atoms with Crippen LogP contribution >= 0.6 is 0 Å². The molecular formula is C14H13F3N2O2. The minimum Gasteiger partial charge on any atom is -0.452 e. The lowest BCUT2D eigenvalue weighted by atomic mass is 10.3. The number of pyridine rings is 1. The van der Waals surface area contributed by atoms with Gasteiger partial charge < -0.3 is 14.8 Å². The van der Waals surface area contributed by atoms with E-state index < -0.39 is 12.1 Å². The van der Waals surface area contributed by atoms with Gasteiger partial charge in [0.15, 0.2) is 11.5 Å². The smallest absolute Gasteiger partial charge is 0.452 e. The lowest BCUT2D eigenvalue weighted by Crippen LogP contribution is -2.17. The summed E-state index contributed by atoms with van der Waals surface area (Å²) >= 11 is 0. The minimum atomic E-state index is -4.77. The quantitative estimate of drug-likeness (QED) is 0.898. The zero-order valence-corrected chi connectivity index (χ0v) is 11.1. The number of anilines is 1. The molecule has 1 heterocycles. The zero-order chi connectivity index (χ0) is 15.3. The molecule has 0 fully saturated rings. The second-order valence-electron chi connectivity index (χ2n) is 4.04. The van der Waals surface area contributed by atoms with E-state index in [2.05, 4.69) is 15.0 Å². The molecule has 0 saturated heterocycles. The van der Waals surface area contributed by atoms with Crippen LogP contribution in [0.25, 0.3) is 0 Å². The van der Waals surface area contributed by atoms with Crippen LogP contribution in [0, 0.1) is 0 Å². The Labute approximate surface area is 119 Å². The summed E-state index contributed by atoms with van der Waals surface area (Å²) in [6, 6.07) is 7.20. The molecule has 2 rings (SSSR count). The van der Waals surface area contributed by atoms with Gasteiger partial charge in [0.2, 0.25) is 0 Å². The van der Waals surface area contributed by atoms with Gasteiger partial charge in [0, 0.05) is 12.6 Å². The van der Waals surface area contributed by atoms with Crippen molar-refractivity contribution in [3.63, 3.8) is 0 Å². The van der Waals surface area contributed by atoms with Crippen LogP contribution in [0.1, 0.15) is 6.92 Å². The maximum atomic E-state index is 12.3. The molecule has 0 bridgehead atoms. The molecule has 0 aliphatic heterocycles. The largest absolute Gasteiger partial charge is 0.573 e. The molecule has 7 heteroatoms. The number of nitrogens with one attached hydrogen (secondary N) is 1. The van der Waals surface area contributed by atoms with Gasteiger partial charge in [-0.15, -0.1) is 13.2 Å². The van der Waals surface area contributed by atoms with Gasteiger partial charge in [0.25, 0.3) is 0 Å². The molecule has 21 heavy (non-hydrogen) atoms. The summed E-state index contributed by atoms with van der Waals surface area (Å²) in [6.45, 7) is 2.61. The molecule has 4 nitrogen and oxygen atoms in total. The molecule has 0 unspecified atom stereocenters. The van der Waals surface area contributed by atoms with E-state index >= 15 is 0 Å². The number of alkyl halides is 3. The molecule has 0 aliphatic carbocycles. The van der Waals surface area contributed by atoms with Crippen LogP contribution in [-0.2, 0) is 0 Å². The van der Waals surface area contributed by atoms with E-state index in [0.29, 0.717) is 18.0 Å². The van der Waals surface area contributed by atoms with Crippen molar-refractivity contribution in [2.24, 2.45) is 0 Å². The third kappa shape index (κ3) is 4.55. The van der Waals surface area contributed by atoms with Crippen molar-refractivity contribution in [1.29, 1.82) is 0 Å². The Hall–Kier alpha value is -2.44. The molecule has 0 saturated carbocycles. The molecule has 0 aliphatic rings. The van der Waals surface area contributed by atoms with Crippen LogP contribution in [-0.4, -0.2) is 17.9 Å². The molecule has 0 amide bonds. The second-order valence-corrected chi connectivity index (χ2v) is 4.04. The van der Waals surface area contributed by atoms with Gasteiger partial charge in [-0.1, -0.05) is 12.1 Å². The number of hydrogen-bond donors (Lipinski definition) is 1. The fourth-order valence-corrected chi connectivity index (χ4v) is 1.65. The molecule has 112 valence electrons. The molecule has 1 aromatic carbocycles. The zero-order valence-electron chi connectivity index (χ0n) is 11.1. The Balaban J connectivity index is 2.21. The van der Waals surface area contributed by atoms with Crippen LogP contribution in [0.5, 0.6) is 17.2 Å². The van der Waals surface area contributed by atoms with Crippen molar-refractivity contribution in [1.82, 2.24) is 4.98 Å². The summed E-state index contributed by atoms with van der Waals surface area (Å²) in [5, 5.41) is 3.03. The first-order valence-corrected chi connectivity index (χ1v) is 6.19.